The summed E-state index contributed by atoms with van der Waals surface area (Å²) in [4.78, 5) is 33.4. The largest absolute Gasteiger partial charge is 0.353 e. The van der Waals surface area contributed by atoms with Gasteiger partial charge in [-0.3, -0.25) is 19.5 Å². The number of hydrogen-bond acceptors (Lipinski definition) is 4. The van der Waals surface area contributed by atoms with Crippen molar-refractivity contribution in [3.05, 3.63) is 29.8 Å². The molecule has 6 nitrogen and oxygen atoms in total. The maximum absolute atomic E-state index is 12.9. The highest BCUT2D eigenvalue weighted by Gasteiger charge is 2.49. The molecule has 0 bridgehead atoms. The standard InChI is InChI=1S/C19H25FN4O2/c20-15-3-4-16(22-12-15)11-17(25)23-8-5-19(6-9-23)18(26)21-7-10-24(19)13-14-1-2-14/h3-4,12,14H,1-2,5-11,13H2,(H,21,26). The molecule has 140 valence electrons. The van der Waals surface area contributed by atoms with Crippen LogP contribution in [0.4, 0.5) is 4.39 Å². The van der Waals surface area contributed by atoms with Crippen LogP contribution in [0.3, 0.4) is 0 Å². The Labute approximate surface area is 152 Å². The van der Waals surface area contributed by atoms with Crippen molar-refractivity contribution in [2.75, 3.05) is 32.7 Å². The van der Waals surface area contributed by atoms with Gasteiger partial charge in [-0.25, -0.2) is 4.39 Å². The van der Waals surface area contributed by atoms with Crippen molar-refractivity contribution in [3.8, 4) is 0 Å². The van der Waals surface area contributed by atoms with Gasteiger partial charge in [-0.1, -0.05) is 0 Å². The number of hydrogen-bond donors (Lipinski definition) is 1. The molecule has 1 aliphatic carbocycles. The second-order valence-corrected chi connectivity index (χ2v) is 7.70. The number of nitrogens with zero attached hydrogens (tertiary/aromatic N) is 3. The van der Waals surface area contributed by atoms with Crippen molar-refractivity contribution in [2.24, 2.45) is 5.92 Å². The number of amides is 2. The lowest BCUT2D eigenvalue weighted by Crippen LogP contribution is -2.68. The average Bonchev–Trinajstić information content (AvgIpc) is 3.46. The minimum atomic E-state index is -0.453. The number of carbonyl (C=O) groups is 2. The second kappa shape index (κ2) is 6.95. The Morgan fingerprint density at radius 1 is 1.27 bits per heavy atom. The monoisotopic (exact) mass is 360 g/mol. The van der Waals surface area contributed by atoms with Crippen molar-refractivity contribution in [2.45, 2.75) is 37.6 Å². The van der Waals surface area contributed by atoms with Crippen LogP contribution in [0, 0.1) is 11.7 Å². The van der Waals surface area contributed by atoms with Crippen LogP contribution in [0.25, 0.3) is 0 Å². The van der Waals surface area contributed by atoms with E-state index in [0.29, 0.717) is 38.2 Å². The van der Waals surface area contributed by atoms with Gasteiger partial charge in [-0.2, -0.15) is 0 Å². The molecule has 3 aliphatic rings. The van der Waals surface area contributed by atoms with Crippen LogP contribution in [0.2, 0.25) is 0 Å². The SMILES string of the molecule is O=C(Cc1ccc(F)cn1)N1CCC2(CC1)C(=O)NCCN2CC1CC1. The van der Waals surface area contributed by atoms with Crippen molar-refractivity contribution in [1.29, 1.82) is 0 Å². The van der Waals surface area contributed by atoms with Gasteiger partial charge in [0.25, 0.3) is 0 Å². The molecule has 2 amide bonds. The van der Waals surface area contributed by atoms with E-state index in [1.807, 2.05) is 4.90 Å². The number of likely N-dealkylation sites (tertiary alicyclic amines) is 1. The third-order valence-corrected chi connectivity index (χ3v) is 5.94. The second-order valence-electron chi connectivity index (χ2n) is 7.70. The first-order valence-electron chi connectivity index (χ1n) is 9.48. The molecule has 1 N–H and O–H groups in total. The summed E-state index contributed by atoms with van der Waals surface area (Å²) in [5, 5.41) is 3.03. The highest BCUT2D eigenvalue weighted by atomic mass is 19.1. The van der Waals surface area contributed by atoms with E-state index >= 15 is 0 Å². The fourth-order valence-corrected chi connectivity index (χ4v) is 4.15. The maximum atomic E-state index is 12.9. The van der Waals surface area contributed by atoms with Crippen LogP contribution in [-0.4, -0.2) is 64.9 Å². The Hall–Kier alpha value is -2.02. The summed E-state index contributed by atoms with van der Waals surface area (Å²) >= 11 is 0. The van der Waals surface area contributed by atoms with Gasteiger partial charge in [0.15, 0.2) is 0 Å². The molecular formula is C19H25FN4O2. The molecule has 0 radical (unpaired) electrons. The van der Waals surface area contributed by atoms with E-state index in [1.165, 1.54) is 18.9 Å². The van der Waals surface area contributed by atoms with Crippen molar-refractivity contribution in [1.82, 2.24) is 20.1 Å². The van der Waals surface area contributed by atoms with E-state index in [4.69, 9.17) is 0 Å². The van der Waals surface area contributed by atoms with E-state index in [9.17, 15) is 14.0 Å². The van der Waals surface area contributed by atoms with Gasteiger partial charge < -0.3 is 10.2 Å². The zero-order valence-corrected chi connectivity index (χ0v) is 14.9. The van der Waals surface area contributed by atoms with Crippen LogP contribution in [-0.2, 0) is 16.0 Å². The Morgan fingerprint density at radius 3 is 2.69 bits per heavy atom. The van der Waals surface area contributed by atoms with Crippen LogP contribution < -0.4 is 5.32 Å². The molecule has 1 aromatic heterocycles. The van der Waals surface area contributed by atoms with Crippen LogP contribution in [0.15, 0.2) is 18.3 Å². The number of pyridine rings is 1. The maximum Gasteiger partial charge on any atom is 0.240 e. The average molecular weight is 360 g/mol. The van der Waals surface area contributed by atoms with Gasteiger partial charge in [-0.15, -0.1) is 0 Å². The number of aromatic nitrogens is 1. The summed E-state index contributed by atoms with van der Waals surface area (Å²) in [5.74, 6) is 0.447. The first-order valence-corrected chi connectivity index (χ1v) is 9.48. The smallest absolute Gasteiger partial charge is 0.240 e. The molecule has 3 fully saturated rings. The molecule has 4 rings (SSSR count). The van der Waals surface area contributed by atoms with Gasteiger partial charge in [-0.05, 0) is 43.7 Å². The van der Waals surface area contributed by atoms with E-state index in [0.717, 1.165) is 25.2 Å². The lowest BCUT2D eigenvalue weighted by molar-refractivity contribution is -0.146. The quantitative estimate of drug-likeness (QED) is 0.869. The van der Waals surface area contributed by atoms with E-state index in [-0.39, 0.29) is 18.2 Å². The molecule has 2 saturated heterocycles. The summed E-state index contributed by atoms with van der Waals surface area (Å²) in [5.41, 5.74) is 0.119. The first kappa shape index (κ1) is 17.4. The Bertz CT molecular complexity index is 681. The number of piperazine rings is 1. The Kier molecular flexibility index (Phi) is 4.65. The van der Waals surface area contributed by atoms with Crippen molar-refractivity contribution in [3.63, 3.8) is 0 Å². The van der Waals surface area contributed by atoms with Gasteiger partial charge in [0.1, 0.15) is 11.4 Å². The van der Waals surface area contributed by atoms with Gasteiger partial charge in [0, 0.05) is 38.4 Å². The topological polar surface area (TPSA) is 65.5 Å². The first-order chi connectivity index (χ1) is 12.6. The molecule has 3 heterocycles. The third kappa shape index (κ3) is 3.45. The van der Waals surface area contributed by atoms with Crippen LogP contribution in [0.1, 0.15) is 31.4 Å². The molecule has 0 unspecified atom stereocenters. The van der Waals surface area contributed by atoms with Gasteiger partial charge in [0.05, 0.1) is 12.6 Å². The molecule has 0 aromatic carbocycles. The van der Waals surface area contributed by atoms with Gasteiger partial charge in [0.2, 0.25) is 11.8 Å². The highest BCUT2D eigenvalue weighted by molar-refractivity contribution is 5.88. The number of carbonyl (C=O) groups excluding carboxylic acids is 2. The predicted octanol–water partition coefficient (Wildman–Crippen LogP) is 0.966. The van der Waals surface area contributed by atoms with E-state index < -0.39 is 11.4 Å². The molecule has 1 aromatic rings. The predicted molar refractivity (Wildman–Crippen MR) is 93.8 cm³/mol. The zero-order valence-electron chi connectivity index (χ0n) is 14.9. The number of piperidine rings is 1. The number of rotatable bonds is 4. The summed E-state index contributed by atoms with van der Waals surface area (Å²) in [7, 11) is 0. The molecule has 1 spiro atoms. The van der Waals surface area contributed by atoms with Gasteiger partial charge >= 0.3 is 0 Å². The minimum absolute atomic E-state index is 0.0103. The normalized spacial score (nSPS) is 23.1. The summed E-state index contributed by atoms with van der Waals surface area (Å²) < 4.78 is 12.9. The third-order valence-electron chi connectivity index (χ3n) is 5.94. The molecule has 26 heavy (non-hydrogen) atoms. The minimum Gasteiger partial charge on any atom is -0.353 e. The van der Waals surface area contributed by atoms with E-state index in [2.05, 4.69) is 15.2 Å². The summed E-state index contributed by atoms with van der Waals surface area (Å²) in [6, 6.07) is 2.87. The fourth-order valence-electron chi connectivity index (χ4n) is 4.15. The highest BCUT2D eigenvalue weighted by Crippen LogP contribution is 2.37. The Balaban J connectivity index is 1.39. The zero-order chi connectivity index (χ0) is 18.1. The molecule has 1 saturated carbocycles. The van der Waals surface area contributed by atoms with Crippen LogP contribution >= 0.6 is 0 Å². The van der Waals surface area contributed by atoms with E-state index in [1.54, 1.807) is 6.07 Å². The Morgan fingerprint density at radius 2 is 2.04 bits per heavy atom. The lowest BCUT2D eigenvalue weighted by atomic mass is 9.82. The van der Waals surface area contributed by atoms with Crippen molar-refractivity contribution >= 4 is 11.8 Å². The summed E-state index contributed by atoms with van der Waals surface area (Å²) in [6.07, 6.45) is 5.19. The molecular weight excluding hydrogens is 335 g/mol. The number of halogens is 1. The van der Waals surface area contributed by atoms with Crippen LogP contribution in [0.5, 0.6) is 0 Å². The molecule has 0 atom stereocenters. The molecule has 2 aliphatic heterocycles. The fraction of sp³-hybridized carbons (Fsp3) is 0.632. The lowest BCUT2D eigenvalue weighted by Gasteiger charge is -2.50. The number of nitrogens with one attached hydrogen (secondary N) is 1. The van der Waals surface area contributed by atoms with Crippen molar-refractivity contribution < 1.29 is 14.0 Å². The molecule has 7 heteroatoms. The summed E-state index contributed by atoms with van der Waals surface area (Å²) in [6.45, 7) is 3.77.